The maximum Gasteiger partial charge on any atom is 0.143 e. The van der Waals surface area contributed by atoms with Crippen LogP contribution in [-0.2, 0) is 0 Å². The first-order valence-electron chi connectivity index (χ1n) is 4.85. The van der Waals surface area contributed by atoms with Crippen LogP contribution in [0.5, 0.6) is 0 Å². The summed E-state index contributed by atoms with van der Waals surface area (Å²) in [6, 6.07) is 0. The van der Waals surface area contributed by atoms with E-state index in [1.54, 1.807) is 19.2 Å². The van der Waals surface area contributed by atoms with Crippen LogP contribution in [0.15, 0.2) is 29.4 Å². The number of halogens is 1. The highest BCUT2D eigenvalue weighted by molar-refractivity contribution is 5.89. The molecule has 0 aliphatic carbocycles. The van der Waals surface area contributed by atoms with E-state index in [2.05, 4.69) is 25.4 Å². The van der Waals surface area contributed by atoms with Gasteiger partial charge >= 0.3 is 0 Å². The monoisotopic (exact) mass is 197 g/mol. The lowest BCUT2D eigenvalue weighted by molar-refractivity contribution is 0.312. The molecule has 0 radical (unpaired) electrons. The smallest absolute Gasteiger partial charge is 0.143 e. The summed E-state index contributed by atoms with van der Waals surface area (Å²) < 4.78 is 13.4. The average Bonchev–Trinajstić information content (AvgIpc) is 2.02. The zero-order chi connectivity index (χ0) is 11.4. The fourth-order valence-corrected chi connectivity index (χ4v) is 0.762. The molecule has 0 heterocycles. The molecule has 0 aliphatic rings. The normalized spacial score (nSPS) is 14.8. The molecule has 0 saturated heterocycles. The van der Waals surface area contributed by atoms with Gasteiger partial charge in [-0.2, -0.15) is 0 Å². The molecule has 0 amide bonds. The highest BCUT2D eigenvalue weighted by atomic mass is 19.1. The number of alkyl halides is 1. The fourth-order valence-electron chi connectivity index (χ4n) is 0.762. The van der Waals surface area contributed by atoms with Gasteiger partial charge in [-0.1, -0.05) is 26.5 Å². The number of hydrogen-bond donors (Lipinski definition) is 0. The number of hydrogen-bond acceptors (Lipinski definition) is 1. The van der Waals surface area contributed by atoms with Gasteiger partial charge in [0.15, 0.2) is 0 Å². The Kier molecular flexibility index (Phi) is 4.75. The van der Waals surface area contributed by atoms with Gasteiger partial charge in [-0.05, 0) is 32.3 Å². The highest BCUT2D eigenvalue weighted by Crippen LogP contribution is 2.14. The van der Waals surface area contributed by atoms with E-state index in [1.165, 1.54) is 13.8 Å². The van der Waals surface area contributed by atoms with Crippen molar-refractivity contribution in [2.45, 2.75) is 40.3 Å². The largest absolute Gasteiger partial charge is 0.262 e. The van der Waals surface area contributed by atoms with Crippen molar-refractivity contribution in [3.8, 4) is 0 Å². The average molecular weight is 197 g/mol. The molecule has 0 aromatic heterocycles. The number of allylic oxidation sites excluding steroid dienone is 2. The van der Waals surface area contributed by atoms with Gasteiger partial charge in [0.25, 0.3) is 0 Å². The van der Waals surface area contributed by atoms with Crippen molar-refractivity contribution in [3.05, 3.63) is 24.4 Å². The van der Waals surface area contributed by atoms with Crippen molar-refractivity contribution >= 4 is 5.71 Å². The van der Waals surface area contributed by atoms with E-state index in [0.29, 0.717) is 11.6 Å². The Labute approximate surface area is 86.4 Å². The third kappa shape index (κ3) is 4.35. The Hall–Kier alpha value is -0.920. The molecular formula is C12H20FN. The molecule has 0 rings (SSSR count). The van der Waals surface area contributed by atoms with Crippen molar-refractivity contribution in [1.29, 1.82) is 0 Å². The summed E-state index contributed by atoms with van der Waals surface area (Å²) in [7, 11) is 0. The van der Waals surface area contributed by atoms with Crippen LogP contribution in [0.4, 0.5) is 4.39 Å². The predicted octanol–water partition coefficient (Wildman–Crippen LogP) is 3.92. The minimum Gasteiger partial charge on any atom is -0.262 e. The lowest BCUT2D eigenvalue weighted by atomic mass is 10.0. The van der Waals surface area contributed by atoms with Gasteiger partial charge < -0.3 is 0 Å². The van der Waals surface area contributed by atoms with Gasteiger partial charge in [0.05, 0.1) is 5.71 Å². The topological polar surface area (TPSA) is 12.4 Å². The number of rotatable bonds is 4. The van der Waals surface area contributed by atoms with Gasteiger partial charge in [0, 0.05) is 6.20 Å². The van der Waals surface area contributed by atoms with Gasteiger partial charge in [-0.15, -0.1) is 0 Å². The van der Waals surface area contributed by atoms with E-state index >= 15 is 0 Å². The van der Waals surface area contributed by atoms with E-state index in [9.17, 15) is 4.39 Å². The lowest BCUT2D eigenvalue weighted by Gasteiger charge is -2.13. The molecule has 0 aliphatic heterocycles. The van der Waals surface area contributed by atoms with E-state index in [1.807, 2.05) is 0 Å². The van der Waals surface area contributed by atoms with Crippen molar-refractivity contribution in [2.75, 3.05) is 0 Å². The van der Waals surface area contributed by atoms with Crippen LogP contribution in [0, 0.1) is 5.92 Å². The number of aliphatic imine (C=N–C) groups is 1. The molecule has 0 unspecified atom stereocenters. The van der Waals surface area contributed by atoms with E-state index in [0.717, 1.165) is 5.57 Å². The Balaban J connectivity index is 4.76. The van der Waals surface area contributed by atoms with Crippen LogP contribution in [0.25, 0.3) is 0 Å². The second-order valence-electron chi connectivity index (χ2n) is 4.17. The molecule has 0 atom stereocenters. The Morgan fingerprint density at radius 2 is 1.93 bits per heavy atom. The first-order chi connectivity index (χ1) is 6.29. The molecule has 0 aromatic carbocycles. The summed E-state index contributed by atoms with van der Waals surface area (Å²) in [5, 5.41) is 0. The predicted molar refractivity (Wildman–Crippen MR) is 61.4 cm³/mol. The first-order valence-corrected chi connectivity index (χ1v) is 4.85. The molecule has 0 N–H and O–H groups in total. The van der Waals surface area contributed by atoms with Gasteiger partial charge in [0.2, 0.25) is 0 Å². The summed E-state index contributed by atoms with van der Waals surface area (Å²) >= 11 is 0. The maximum atomic E-state index is 13.4. The van der Waals surface area contributed by atoms with E-state index < -0.39 is 5.67 Å². The van der Waals surface area contributed by atoms with Crippen LogP contribution < -0.4 is 0 Å². The van der Waals surface area contributed by atoms with Crippen molar-refractivity contribution in [2.24, 2.45) is 10.9 Å². The minimum absolute atomic E-state index is 0.367. The molecule has 2 heteroatoms. The van der Waals surface area contributed by atoms with Crippen LogP contribution >= 0.6 is 0 Å². The summed E-state index contributed by atoms with van der Waals surface area (Å²) in [6.45, 7) is 12.5. The van der Waals surface area contributed by atoms with Crippen LogP contribution in [0.2, 0.25) is 0 Å². The van der Waals surface area contributed by atoms with Gasteiger partial charge in [0.1, 0.15) is 5.67 Å². The molecule has 0 bridgehead atoms. The van der Waals surface area contributed by atoms with Crippen LogP contribution in [-0.4, -0.2) is 11.4 Å². The zero-order valence-corrected chi connectivity index (χ0v) is 9.76. The second-order valence-corrected chi connectivity index (χ2v) is 4.17. The van der Waals surface area contributed by atoms with Crippen LogP contribution in [0.1, 0.15) is 34.6 Å². The van der Waals surface area contributed by atoms with Gasteiger partial charge in [-0.25, -0.2) is 4.39 Å². The molecule has 80 valence electrons. The third-order valence-electron chi connectivity index (χ3n) is 2.17. The molecule has 0 saturated carbocycles. The molecular weight excluding hydrogens is 177 g/mol. The standard InChI is InChI=1S/C12H20FN/c1-7-11(9(2)3)8-14-10(4)12(5,6)13/h7-9H,1H2,2-6H3/b11-8+,14-10+. The van der Waals surface area contributed by atoms with Crippen LogP contribution in [0.3, 0.4) is 0 Å². The minimum atomic E-state index is -1.35. The number of nitrogens with zero attached hydrogens (tertiary/aromatic N) is 1. The van der Waals surface area contributed by atoms with Gasteiger partial charge in [-0.3, -0.25) is 4.99 Å². The molecule has 0 fully saturated rings. The summed E-state index contributed by atoms with van der Waals surface area (Å²) in [4.78, 5) is 4.10. The third-order valence-corrected chi connectivity index (χ3v) is 2.17. The van der Waals surface area contributed by atoms with E-state index in [4.69, 9.17) is 0 Å². The summed E-state index contributed by atoms with van der Waals surface area (Å²) in [6.07, 6.45) is 3.45. The second kappa shape index (κ2) is 5.08. The summed E-state index contributed by atoms with van der Waals surface area (Å²) in [5.74, 6) is 0.367. The molecule has 0 aromatic rings. The Morgan fingerprint density at radius 3 is 2.21 bits per heavy atom. The zero-order valence-electron chi connectivity index (χ0n) is 9.76. The quantitative estimate of drug-likeness (QED) is 0.478. The molecule has 0 spiro atoms. The van der Waals surface area contributed by atoms with Crippen molar-refractivity contribution < 1.29 is 4.39 Å². The highest BCUT2D eigenvalue weighted by Gasteiger charge is 2.18. The Bertz CT molecular complexity index is 254. The SMILES string of the molecule is C=C/C(=C\N=C(/C)C(C)(C)F)C(C)C. The molecule has 1 nitrogen and oxygen atoms in total. The van der Waals surface area contributed by atoms with Crippen molar-refractivity contribution in [3.63, 3.8) is 0 Å². The first kappa shape index (κ1) is 13.1. The Morgan fingerprint density at radius 1 is 1.43 bits per heavy atom. The summed E-state index contributed by atoms with van der Waals surface area (Å²) in [5.41, 5.74) is 0.158. The molecule has 14 heavy (non-hydrogen) atoms. The lowest BCUT2D eigenvalue weighted by Crippen LogP contribution is -2.22. The van der Waals surface area contributed by atoms with E-state index in [-0.39, 0.29) is 0 Å². The van der Waals surface area contributed by atoms with Crippen molar-refractivity contribution in [1.82, 2.24) is 0 Å². The maximum absolute atomic E-state index is 13.4. The fraction of sp³-hybridized carbons (Fsp3) is 0.583.